The van der Waals surface area contributed by atoms with Crippen LogP contribution in [0, 0.1) is 0 Å². The first-order valence-corrected chi connectivity index (χ1v) is 8.31. The van der Waals surface area contributed by atoms with E-state index in [2.05, 4.69) is 10.6 Å². The molecule has 0 aromatic heterocycles. The molecule has 132 valence electrons. The second-order valence-corrected chi connectivity index (χ2v) is 6.13. The standard InChI is InChI=1S/C20H19N3O3/c21-19(25)14-6-8-16(9-7-14)22-18(24)12-3-13-1-4-15(5-2-13)20(26)23-17-10-11-17/h1-9,12,17H,10-11H2,(H2,21,25)(H,22,24)(H,23,26)/b12-3+. The summed E-state index contributed by atoms with van der Waals surface area (Å²) >= 11 is 0. The zero-order valence-corrected chi connectivity index (χ0v) is 14.1. The fraction of sp³-hybridized carbons (Fsp3) is 0.150. The summed E-state index contributed by atoms with van der Waals surface area (Å²) in [5.41, 5.74) is 7.53. The summed E-state index contributed by atoms with van der Waals surface area (Å²) in [5, 5.41) is 5.62. The lowest BCUT2D eigenvalue weighted by atomic mass is 10.1. The van der Waals surface area contributed by atoms with Gasteiger partial charge in [0.25, 0.3) is 5.91 Å². The summed E-state index contributed by atoms with van der Waals surface area (Å²) in [6, 6.07) is 13.7. The van der Waals surface area contributed by atoms with Gasteiger partial charge in [0.2, 0.25) is 11.8 Å². The summed E-state index contributed by atoms with van der Waals surface area (Å²) in [6.07, 6.45) is 5.16. The minimum atomic E-state index is -0.517. The molecule has 1 aliphatic rings. The van der Waals surface area contributed by atoms with Crippen LogP contribution in [0.5, 0.6) is 0 Å². The first-order valence-electron chi connectivity index (χ1n) is 8.31. The molecular formula is C20H19N3O3. The molecule has 0 heterocycles. The van der Waals surface area contributed by atoms with E-state index in [1.165, 1.54) is 6.08 Å². The molecule has 0 radical (unpaired) electrons. The van der Waals surface area contributed by atoms with Crippen LogP contribution in [0.4, 0.5) is 5.69 Å². The summed E-state index contributed by atoms with van der Waals surface area (Å²) in [4.78, 5) is 34.9. The van der Waals surface area contributed by atoms with E-state index in [1.807, 2.05) is 0 Å². The summed E-state index contributed by atoms with van der Waals surface area (Å²) in [5.74, 6) is -0.885. The molecule has 26 heavy (non-hydrogen) atoms. The first kappa shape index (κ1) is 17.4. The van der Waals surface area contributed by atoms with E-state index in [-0.39, 0.29) is 11.8 Å². The second kappa shape index (κ2) is 7.65. The highest BCUT2D eigenvalue weighted by molar-refractivity contribution is 6.02. The predicted molar refractivity (Wildman–Crippen MR) is 99.6 cm³/mol. The molecule has 0 atom stereocenters. The van der Waals surface area contributed by atoms with Gasteiger partial charge in [0.1, 0.15) is 0 Å². The smallest absolute Gasteiger partial charge is 0.251 e. The number of carbonyl (C=O) groups is 3. The Kier molecular flexibility index (Phi) is 5.12. The molecule has 6 nitrogen and oxygen atoms in total. The molecule has 2 aromatic rings. The van der Waals surface area contributed by atoms with Crippen molar-refractivity contribution in [1.29, 1.82) is 0 Å². The molecule has 3 amide bonds. The summed E-state index contributed by atoms with van der Waals surface area (Å²) < 4.78 is 0. The van der Waals surface area contributed by atoms with Crippen molar-refractivity contribution in [3.63, 3.8) is 0 Å². The number of anilines is 1. The number of nitrogens with two attached hydrogens (primary N) is 1. The van der Waals surface area contributed by atoms with E-state index >= 15 is 0 Å². The Balaban J connectivity index is 1.55. The molecule has 0 unspecified atom stereocenters. The number of carbonyl (C=O) groups excluding carboxylic acids is 3. The van der Waals surface area contributed by atoms with Gasteiger partial charge in [0.05, 0.1) is 0 Å². The zero-order chi connectivity index (χ0) is 18.5. The number of nitrogens with one attached hydrogen (secondary N) is 2. The van der Waals surface area contributed by atoms with Gasteiger partial charge >= 0.3 is 0 Å². The van der Waals surface area contributed by atoms with E-state index in [0.717, 1.165) is 18.4 Å². The largest absolute Gasteiger partial charge is 0.366 e. The second-order valence-electron chi connectivity index (χ2n) is 6.13. The van der Waals surface area contributed by atoms with Crippen molar-refractivity contribution in [3.05, 3.63) is 71.3 Å². The molecule has 0 bridgehead atoms. The first-order chi connectivity index (χ1) is 12.5. The maximum absolute atomic E-state index is 12.0. The number of hydrogen-bond acceptors (Lipinski definition) is 3. The molecular weight excluding hydrogens is 330 g/mol. The molecule has 0 saturated heterocycles. The molecule has 2 aromatic carbocycles. The SMILES string of the molecule is NC(=O)c1ccc(NC(=O)/C=C/c2ccc(C(=O)NC3CC3)cc2)cc1. The van der Waals surface area contributed by atoms with Crippen molar-refractivity contribution in [1.82, 2.24) is 5.32 Å². The van der Waals surface area contributed by atoms with Gasteiger partial charge < -0.3 is 16.4 Å². The molecule has 0 aliphatic heterocycles. The van der Waals surface area contributed by atoms with Crippen LogP contribution in [0.1, 0.15) is 39.1 Å². The quantitative estimate of drug-likeness (QED) is 0.698. The van der Waals surface area contributed by atoms with Crippen molar-refractivity contribution in [2.24, 2.45) is 5.73 Å². The lowest BCUT2D eigenvalue weighted by molar-refractivity contribution is -0.111. The maximum atomic E-state index is 12.0. The van der Waals surface area contributed by atoms with Crippen LogP contribution in [0.15, 0.2) is 54.6 Å². The average molecular weight is 349 g/mol. The fourth-order valence-corrected chi connectivity index (χ4v) is 2.32. The molecule has 1 saturated carbocycles. The molecule has 4 N–H and O–H groups in total. The zero-order valence-electron chi connectivity index (χ0n) is 14.1. The van der Waals surface area contributed by atoms with Crippen molar-refractivity contribution in [2.45, 2.75) is 18.9 Å². The third-order valence-corrected chi connectivity index (χ3v) is 3.95. The fourth-order valence-electron chi connectivity index (χ4n) is 2.32. The van der Waals surface area contributed by atoms with Crippen LogP contribution in [-0.4, -0.2) is 23.8 Å². The van der Waals surface area contributed by atoms with Gasteiger partial charge in [-0.25, -0.2) is 0 Å². The number of benzene rings is 2. The number of amides is 3. The lowest BCUT2D eigenvalue weighted by Gasteiger charge is -2.04. The van der Waals surface area contributed by atoms with Gasteiger partial charge in [-0.3, -0.25) is 14.4 Å². The normalized spacial score (nSPS) is 13.4. The summed E-state index contributed by atoms with van der Waals surface area (Å²) in [7, 11) is 0. The van der Waals surface area contributed by atoms with E-state index in [1.54, 1.807) is 54.6 Å². The van der Waals surface area contributed by atoms with Gasteiger partial charge in [0.15, 0.2) is 0 Å². The van der Waals surface area contributed by atoms with Crippen molar-refractivity contribution in [3.8, 4) is 0 Å². The molecule has 1 aliphatic carbocycles. The Morgan fingerprint density at radius 1 is 0.923 bits per heavy atom. The predicted octanol–water partition coefficient (Wildman–Crippen LogP) is 2.33. The van der Waals surface area contributed by atoms with Crippen LogP contribution in [0.25, 0.3) is 6.08 Å². The average Bonchev–Trinajstić information content (AvgIpc) is 3.45. The Bertz CT molecular complexity index is 851. The lowest BCUT2D eigenvalue weighted by Crippen LogP contribution is -2.25. The maximum Gasteiger partial charge on any atom is 0.251 e. The highest BCUT2D eigenvalue weighted by Crippen LogP contribution is 2.19. The van der Waals surface area contributed by atoms with Crippen LogP contribution >= 0.6 is 0 Å². The highest BCUT2D eigenvalue weighted by Gasteiger charge is 2.23. The van der Waals surface area contributed by atoms with Gasteiger partial charge in [-0.2, -0.15) is 0 Å². The monoisotopic (exact) mass is 349 g/mol. The van der Waals surface area contributed by atoms with Gasteiger partial charge in [0, 0.05) is 28.9 Å². The molecule has 6 heteroatoms. The van der Waals surface area contributed by atoms with Gasteiger partial charge in [-0.05, 0) is 60.9 Å². The van der Waals surface area contributed by atoms with Crippen molar-refractivity contribution in [2.75, 3.05) is 5.32 Å². The third-order valence-electron chi connectivity index (χ3n) is 3.95. The Morgan fingerprint density at radius 2 is 1.54 bits per heavy atom. The van der Waals surface area contributed by atoms with E-state index in [0.29, 0.717) is 22.9 Å². The Hall–Kier alpha value is -3.41. The van der Waals surface area contributed by atoms with E-state index in [4.69, 9.17) is 5.73 Å². The minimum Gasteiger partial charge on any atom is -0.366 e. The Morgan fingerprint density at radius 3 is 2.12 bits per heavy atom. The van der Waals surface area contributed by atoms with E-state index in [9.17, 15) is 14.4 Å². The van der Waals surface area contributed by atoms with E-state index < -0.39 is 5.91 Å². The molecule has 0 spiro atoms. The third kappa shape index (κ3) is 4.80. The number of rotatable bonds is 6. The number of primary amides is 1. The van der Waals surface area contributed by atoms with Crippen molar-refractivity contribution >= 4 is 29.5 Å². The van der Waals surface area contributed by atoms with Gasteiger partial charge in [-0.1, -0.05) is 12.1 Å². The topological polar surface area (TPSA) is 101 Å². The Labute approximate surface area is 151 Å². The molecule has 1 fully saturated rings. The highest BCUT2D eigenvalue weighted by atomic mass is 16.2. The summed E-state index contributed by atoms with van der Waals surface area (Å²) in [6.45, 7) is 0. The van der Waals surface area contributed by atoms with Crippen LogP contribution in [0.3, 0.4) is 0 Å². The van der Waals surface area contributed by atoms with Crippen LogP contribution < -0.4 is 16.4 Å². The van der Waals surface area contributed by atoms with Crippen molar-refractivity contribution < 1.29 is 14.4 Å². The van der Waals surface area contributed by atoms with Crippen LogP contribution in [0.2, 0.25) is 0 Å². The van der Waals surface area contributed by atoms with Crippen LogP contribution in [-0.2, 0) is 4.79 Å². The number of hydrogen-bond donors (Lipinski definition) is 3. The minimum absolute atomic E-state index is 0.0693. The van der Waals surface area contributed by atoms with Gasteiger partial charge in [-0.15, -0.1) is 0 Å². The molecule has 3 rings (SSSR count).